The summed E-state index contributed by atoms with van der Waals surface area (Å²) in [6.07, 6.45) is 3.29. The largest absolute Gasteiger partial charge is 0.465 e. The summed E-state index contributed by atoms with van der Waals surface area (Å²) in [6.45, 7) is 4.10. The molecule has 5 heteroatoms. The Balaban J connectivity index is 1.83. The summed E-state index contributed by atoms with van der Waals surface area (Å²) in [4.78, 5) is 16.9. The average molecular weight is 298 g/mol. The van der Waals surface area contributed by atoms with Gasteiger partial charge in [0.1, 0.15) is 5.76 Å². The lowest BCUT2D eigenvalue weighted by atomic mass is 10.1. The Hall–Kier alpha value is -2.27. The van der Waals surface area contributed by atoms with Crippen molar-refractivity contribution in [3.05, 3.63) is 58.4 Å². The molecular formula is C16H14N2O2S. The first kappa shape index (κ1) is 13.7. The van der Waals surface area contributed by atoms with E-state index in [1.54, 1.807) is 24.5 Å². The lowest BCUT2D eigenvalue weighted by molar-refractivity contribution is -0.115. The van der Waals surface area contributed by atoms with Gasteiger partial charge in [-0.15, -0.1) is 0 Å². The molecule has 0 bridgehead atoms. The molecule has 0 spiro atoms. The molecule has 1 N–H and O–H groups in total. The van der Waals surface area contributed by atoms with E-state index in [1.165, 1.54) is 22.9 Å². The van der Waals surface area contributed by atoms with Crippen molar-refractivity contribution in [3.63, 3.8) is 0 Å². The second-order valence-electron chi connectivity index (χ2n) is 4.77. The number of nitrogens with zero attached hydrogens (tertiary/aromatic N) is 1. The van der Waals surface area contributed by atoms with Crippen LogP contribution in [-0.2, 0) is 4.79 Å². The molecule has 1 aliphatic heterocycles. The van der Waals surface area contributed by atoms with Crippen molar-refractivity contribution in [2.45, 2.75) is 13.8 Å². The van der Waals surface area contributed by atoms with E-state index in [1.807, 2.05) is 25.1 Å². The molecule has 4 nitrogen and oxygen atoms in total. The fourth-order valence-electron chi connectivity index (χ4n) is 1.90. The van der Waals surface area contributed by atoms with Gasteiger partial charge in [-0.05, 0) is 61.0 Å². The van der Waals surface area contributed by atoms with Gasteiger partial charge in [-0.1, -0.05) is 6.07 Å². The third kappa shape index (κ3) is 3.08. The molecule has 0 saturated carbocycles. The Morgan fingerprint density at radius 1 is 1.24 bits per heavy atom. The van der Waals surface area contributed by atoms with Gasteiger partial charge in [0.25, 0.3) is 5.91 Å². The summed E-state index contributed by atoms with van der Waals surface area (Å²) in [7, 11) is 0. The maximum absolute atomic E-state index is 11.9. The lowest BCUT2D eigenvalue weighted by Gasteiger charge is -2.01. The van der Waals surface area contributed by atoms with Crippen LogP contribution >= 0.6 is 11.8 Å². The number of carbonyl (C=O) groups is 1. The SMILES string of the molecule is Cc1ccc(N=C2NC(=O)/C(=C/c3ccco3)S2)cc1C. The number of amides is 1. The summed E-state index contributed by atoms with van der Waals surface area (Å²) in [6, 6.07) is 9.56. The number of aliphatic imine (C=N–C) groups is 1. The Labute approximate surface area is 127 Å². The van der Waals surface area contributed by atoms with Gasteiger partial charge >= 0.3 is 0 Å². The smallest absolute Gasteiger partial charge is 0.264 e. The molecule has 21 heavy (non-hydrogen) atoms. The van der Waals surface area contributed by atoms with Crippen LogP contribution in [0.3, 0.4) is 0 Å². The molecule has 106 valence electrons. The number of nitrogens with one attached hydrogen (secondary N) is 1. The number of hydrogen-bond acceptors (Lipinski definition) is 4. The summed E-state index contributed by atoms with van der Waals surface area (Å²) in [5, 5.41) is 3.35. The zero-order valence-electron chi connectivity index (χ0n) is 11.7. The zero-order chi connectivity index (χ0) is 14.8. The minimum Gasteiger partial charge on any atom is -0.465 e. The molecule has 0 aliphatic carbocycles. The van der Waals surface area contributed by atoms with Crippen LogP contribution in [0.5, 0.6) is 0 Å². The van der Waals surface area contributed by atoms with E-state index in [9.17, 15) is 4.79 Å². The van der Waals surface area contributed by atoms with Crippen LogP contribution in [0.2, 0.25) is 0 Å². The van der Waals surface area contributed by atoms with Gasteiger partial charge in [-0.25, -0.2) is 4.99 Å². The maximum Gasteiger partial charge on any atom is 0.264 e. The van der Waals surface area contributed by atoms with Gasteiger partial charge < -0.3 is 9.73 Å². The maximum atomic E-state index is 11.9. The molecule has 0 unspecified atom stereocenters. The van der Waals surface area contributed by atoms with Crippen LogP contribution in [0, 0.1) is 13.8 Å². The number of hydrogen-bond donors (Lipinski definition) is 1. The van der Waals surface area contributed by atoms with Crippen molar-refractivity contribution >= 4 is 34.6 Å². The lowest BCUT2D eigenvalue weighted by Crippen LogP contribution is -2.19. The fraction of sp³-hybridized carbons (Fsp3) is 0.125. The van der Waals surface area contributed by atoms with Crippen LogP contribution in [0.4, 0.5) is 5.69 Å². The monoisotopic (exact) mass is 298 g/mol. The summed E-state index contributed by atoms with van der Waals surface area (Å²) in [5.41, 5.74) is 3.23. The minimum absolute atomic E-state index is 0.154. The van der Waals surface area contributed by atoms with Gasteiger partial charge in [0.15, 0.2) is 5.17 Å². The van der Waals surface area contributed by atoms with Gasteiger partial charge in [0.05, 0.1) is 16.9 Å². The highest BCUT2D eigenvalue weighted by atomic mass is 32.2. The summed E-state index contributed by atoms with van der Waals surface area (Å²) < 4.78 is 5.22. The van der Waals surface area contributed by atoms with Crippen molar-refractivity contribution in [1.29, 1.82) is 0 Å². The van der Waals surface area contributed by atoms with Crippen LogP contribution in [0.25, 0.3) is 6.08 Å². The molecule has 1 amide bonds. The van der Waals surface area contributed by atoms with Gasteiger partial charge in [0, 0.05) is 6.08 Å². The normalized spacial score (nSPS) is 18.5. The summed E-state index contributed by atoms with van der Waals surface area (Å²) >= 11 is 1.31. The number of furan rings is 1. The third-order valence-electron chi connectivity index (χ3n) is 3.19. The summed E-state index contributed by atoms with van der Waals surface area (Å²) in [5.74, 6) is 0.499. The molecule has 1 aliphatic rings. The Kier molecular flexibility index (Phi) is 3.66. The molecule has 1 fully saturated rings. The number of carbonyl (C=O) groups excluding carboxylic acids is 1. The fourth-order valence-corrected chi connectivity index (χ4v) is 2.72. The minimum atomic E-state index is -0.154. The van der Waals surface area contributed by atoms with Gasteiger partial charge in [0.2, 0.25) is 0 Å². The van der Waals surface area contributed by atoms with E-state index in [2.05, 4.69) is 17.2 Å². The van der Waals surface area contributed by atoms with E-state index >= 15 is 0 Å². The Morgan fingerprint density at radius 3 is 2.81 bits per heavy atom. The highest BCUT2D eigenvalue weighted by molar-refractivity contribution is 8.18. The van der Waals surface area contributed by atoms with Crippen molar-refractivity contribution in [1.82, 2.24) is 5.32 Å². The van der Waals surface area contributed by atoms with Crippen molar-refractivity contribution in [3.8, 4) is 0 Å². The number of rotatable bonds is 2. The Morgan fingerprint density at radius 2 is 2.10 bits per heavy atom. The first-order valence-electron chi connectivity index (χ1n) is 6.52. The van der Waals surface area contributed by atoms with E-state index in [-0.39, 0.29) is 5.91 Å². The van der Waals surface area contributed by atoms with E-state index in [0.717, 1.165) is 5.69 Å². The van der Waals surface area contributed by atoms with Crippen LogP contribution in [-0.4, -0.2) is 11.1 Å². The molecule has 1 saturated heterocycles. The second-order valence-corrected chi connectivity index (χ2v) is 5.80. The highest BCUT2D eigenvalue weighted by Gasteiger charge is 2.24. The number of benzene rings is 1. The molecular weight excluding hydrogens is 284 g/mol. The zero-order valence-corrected chi connectivity index (χ0v) is 12.5. The van der Waals surface area contributed by atoms with Crippen LogP contribution in [0.1, 0.15) is 16.9 Å². The number of amidine groups is 1. The molecule has 0 atom stereocenters. The Bertz CT molecular complexity index is 746. The highest BCUT2D eigenvalue weighted by Crippen LogP contribution is 2.28. The average Bonchev–Trinajstić information content (AvgIpc) is 3.06. The first-order chi connectivity index (χ1) is 10.1. The molecule has 3 rings (SSSR count). The molecule has 0 radical (unpaired) electrons. The molecule has 1 aromatic heterocycles. The van der Waals surface area contributed by atoms with E-state index in [4.69, 9.17) is 4.42 Å². The standard InChI is InChI=1S/C16H14N2O2S/c1-10-5-6-12(8-11(10)2)17-16-18-15(19)14(21-16)9-13-4-3-7-20-13/h3-9H,1-2H3,(H,17,18,19)/b14-9-. The van der Waals surface area contributed by atoms with Crippen molar-refractivity contribution < 1.29 is 9.21 Å². The number of thioether (sulfide) groups is 1. The topological polar surface area (TPSA) is 54.6 Å². The predicted octanol–water partition coefficient (Wildman–Crippen LogP) is 3.79. The van der Waals surface area contributed by atoms with Gasteiger partial charge in [-0.3, -0.25) is 4.79 Å². The van der Waals surface area contributed by atoms with Crippen molar-refractivity contribution in [2.75, 3.05) is 0 Å². The van der Waals surface area contributed by atoms with Crippen LogP contribution in [0.15, 0.2) is 50.9 Å². The third-order valence-corrected chi connectivity index (χ3v) is 4.10. The van der Waals surface area contributed by atoms with E-state index in [0.29, 0.717) is 15.8 Å². The second kappa shape index (κ2) is 5.61. The number of aryl methyl sites for hydroxylation is 2. The van der Waals surface area contributed by atoms with E-state index < -0.39 is 0 Å². The van der Waals surface area contributed by atoms with Gasteiger partial charge in [-0.2, -0.15) is 0 Å². The van der Waals surface area contributed by atoms with Crippen LogP contribution < -0.4 is 5.32 Å². The quantitative estimate of drug-likeness (QED) is 0.858. The predicted molar refractivity (Wildman–Crippen MR) is 85.4 cm³/mol. The first-order valence-corrected chi connectivity index (χ1v) is 7.34. The molecule has 1 aromatic carbocycles. The molecule has 2 heterocycles. The molecule has 2 aromatic rings. The van der Waals surface area contributed by atoms with Crippen molar-refractivity contribution in [2.24, 2.45) is 4.99 Å².